The molecule has 0 unspecified atom stereocenters. The quantitative estimate of drug-likeness (QED) is 0.721. The zero-order valence-corrected chi connectivity index (χ0v) is 9.17. The monoisotopic (exact) mass is 280 g/mol. The van der Waals surface area contributed by atoms with Crippen molar-refractivity contribution < 1.29 is 0 Å². The van der Waals surface area contributed by atoms with Crippen molar-refractivity contribution in [1.29, 1.82) is 0 Å². The Balaban J connectivity index is 2.74. The maximum atomic E-state index is 3.44. The van der Waals surface area contributed by atoms with Crippen LogP contribution in [-0.4, -0.2) is 5.33 Å². The second-order valence-corrected chi connectivity index (χ2v) is 3.98. The summed E-state index contributed by atoms with van der Waals surface area (Å²) >= 11 is 8.46. The minimum Gasteiger partial charge on any atom is -0.151 e. The lowest BCUT2D eigenvalue weighted by molar-refractivity contribution is 1.75. The van der Waals surface area contributed by atoms with Crippen molar-refractivity contribution in [2.75, 3.05) is 5.33 Å². The topological polar surface area (TPSA) is 0 Å². The summed E-state index contributed by atoms with van der Waals surface area (Å²) in [6.07, 6.45) is 4.17. The van der Waals surface area contributed by atoms with Gasteiger partial charge in [0, 0.05) is 15.2 Å². The first-order valence-corrected chi connectivity index (χ1v) is 5.64. The van der Waals surface area contributed by atoms with Crippen molar-refractivity contribution in [3.05, 3.63) is 26.9 Å². The van der Waals surface area contributed by atoms with Gasteiger partial charge in [-0.3, -0.25) is 0 Å². The molecule has 0 nitrogen and oxygen atoms in total. The Morgan fingerprint density at radius 3 is 2.80 bits per heavy atom. The highest BCUT2D eigenvalue weighted by Crippen LogP contribution is 2.22. The minimum atomic E-state index is 0.912. The first-order chi connectivity index (χ1) is 4.84. The molecule has 0 aliphatic carbocycles. The normalized spacial score (nSPS) is 11.0. The van der Waals surface area contributed by atoms with Crippen LogP contribution in [0.15, 0.2) is 21.3 Å². The van der Waals surface area contributed by atoms with E-state index in [0.29, 0.717) is 0 Å². The van der Waals surface area contributed by atoms with Gasteiger partial charge in [0.2, 0.25) is 0 Å². The summed E-state index contributed by atoms with van der Waals surface area (Å²) in [5.41, 5.74) is 1.25. The Morgan fingerprint density at radius 1 is 1.50 bits per heavy atom. The fourth-order valence-corrected chi connectivity index (χ4v) is 2.17. The molecule has 0 bridgehead atoms. The zero-order chi connectivity index (χ0) is 7.40. The van der Waals surface area contributed by atoms with E-state index in [9.17, 15) is 0 Å². The van der Waals surface area contributed by atoms with Gasteiger partial charge < -0.3 is 0 Å². The molecule has 1 aromatic rings. The third kappa shape index (κ3) is 2.22. The molecule has 0 aromatic carbocycles. The molecule has 0 spiro atoms. The van der Waals surface area contributed by atoms with Gasteiger partial charge in [-0.1, -0.05) is 28.1 Å². The number of allylic oxidation sites excluding steroid dienone is 1. The Hall–Kier alpha value is 0.400. The van der Waals surface area contributed by atoms with Crippen LogP contribution in [0.5, 0.6) is 0 Å². The van der Waals surface area contributed by atoms with Crippen LogP contribution in [0.2, 0.25) is 0 Å². The van der Waals surface area contributed by atoms with E-state index in [2.05, 4.69) is 54.8 Å². The highest BCUT2D eigenvalue weighted by atomic mass is 79.9. The Bertz CT molecular complexity index is 227. The van der Waals surface area contributed by atoms with Gasteiger partial charge in [-0.15, -0.1) is 0 Å². The SMILES string of the molecule is BrC/C=C/c1cscc1Br. The zero-order valence-electron chi connectivity index (χ0n) is 5.18. The molecule has 10 heavy (non-hydrogen) atoms. The van der Waals surface area contributed by atoms with Gasteiger partial charge >= 0.3 is 0 Å². The summed E-state index contributed by atoms with van der Waals surface area (Å²) in [7, 11) is 0. The van der Waals surface area contributed by atoms with Crippen molar-refractivity contribution in [3.8, 4) is 0 Å². The molecule has 3 heteroatoms. The van der Waals surface area contributed by atoms with E-state index in [1.807, 2.05) is 0 Å². The molecule has 0 saturated carbocycles. The van der Waals surface area contributed by atoms with E-state index >= 15 is 0 Å². The van der Waals surface area contributed by atoms with Gasteiger partial charge in [0.25, 0.3) is 0 Å². The van der Waals surface area contributed by atoms with Crippen LogP contribution in [0.4, 0.5) is 0 Å². The van der Waals surface area contributed by atoms with Gasteiger partial charge in [0.05, 0.1) is 0 Å². The van der Waals surface area contributed by atoms with Gasteiger partial charge in [0.1, 0.15) is 0 Å². The van der Waals surface area contributed by atoms with Crippen molar-refractivity contribution in [3.63, 3.8) is 0 Å². The number of thiophene rings is 1. The molecule has 54 valence electrons. The Kier molecular flexibility index (Phi) is 3.66. The van der Waals surface area contributed by atoms with Crippen molar-refractivity contribution in [2.24, 2.45) is 0 Å². The molecular formula is C7H6Br2S. The lowest BCUT2D eigenvalue weighted by atomic mass is 10.3. The Labute approximate surface area is 81.2 Å². The van der Waals surface area contributed by atoms with Crippen LogP contribution >= 0.6 is 43.2 Å². The average molecular weight is 282 g/mol. The van der Waals surface area contributed by atoms with Crippen LogP contribution in [0, 0.1) is 0 Å². The molecule has 1 rings (SSSR count). The first kappa shape index (κ1) is 8.50. The summed E-state index contributed by atoms with van der Waals surface area (Å²) in [4.78, 5) is 0. The second kappa shape index (κ2) is 4.31. The molecule has 0 N–H and O–H groups in total. The summed E-state index contributed by atoms with van der Waals surface area (Å²) in [5.74, 6) is 0. The van der Waals surface area contributed by atoms with E-state index in [0.717, 1.165) is 5.33 Å². The van der Waals surface area contributed by atoms with Crippen molar-refractivity contribution >= 4 is 49.3 Å². The molecule has 0 amide bonds. The lowest BCUT2D eigenvalue weighted by Crippen LogP contribution is -1.64. The number of halogens is 2. The van der Waals surface area contributed by atoms with E-state index in [1.165, 1.54) is 10.0 Å². The predicted molar refractivity (Wildman–Crippen MR) is 54.8 cm³/mol. The molecule has 0 saturated heterocycles. The molecule has 0 atom stereocenters. The maximum Gasteiger partial charge on any atom is 0.0354 e. The highest BCUT2D eigenvalue weighted by Gasteiger charge is 1.93. The van der Waals surface area contributed by atoms with Crippen LogP contribution in [-0.2, 0) is 0 Å². The smallest absolute Gasteiger partial charge is 0.0354 e. The van der Waals surface area contributed by atoms with Gasteiger partial charge in [-0.05, 0) is 26.9 Å². The fourth-order valence-electron chi connectivity index (χ4n) is 0.582. The van der Waals surface area contributed by atoms with Crippen LogP contribution in [0.3, 0.4) is 0 Å². The third-order valence-electron chi connectivity index (χ3n) is 1.03. The van der Waals surface area contributed by atoms with Crippen LogP contribution in [0.1, 0.15) is 5.56 Å². The van der Waals surface area contributed by atoms with Crippen molar-refractivity contribution in [1.82, 2.24) is 0 Å². The molecule has 1 heterocycles. The number of hydrogen-bond donors (Lipinski definition) is 0. The summed E-state index contributed by atoms with van der Waals surface area (Å²) in [6, 6.07) is 0. The van der Waals surface area contributed by atoms with Crippen LogP contribution < -0.4 is 0 Å². The predicted octanol–water partition coefficient (Wildman–Crippen LogP) is 3.92. The highest BCUT2D eigenvalue weighted by molar-refractivity contribution is 9.10. The Morgan fingerprint density at radius 2 is 2.30 bits per heavy atom. The summed E-state index contributed by atoms with van der Waals surface area (Å²) < 4.78 is 1.18. The molecule has 0 aliphatic rings. The molecule has 0 aliphatic heterocycles. The standard InChI is InChI=1S/C7H6Br2S/c8-3-1-2-6-4-10-5-7(6)9/h1-2,4-5H,3H2/b2-1+. The number of hydrogen-bond acceptors (Lipinski definition) is 1. The first-order valence-electron chi connectivity index (χ1n) is 2.79. The maximum absolute atomic E-state index is 3.44. The molecule has 0 radical (unpaired) electrons. The second-order valence-electron chi connectivity index (χ2n) is 1.73. The van der Waals surface area contributed by atoms with E-state index in [4.69, 9.17) is 0 Å². The van der Waals surface area contributed by atoms with Crippen LogP contribution in [0.25, 0.3) is 6.08 Å². The van der Waals surface area contributed by atoms with E-state index < -0.39 is 0 Å². The van der Waals surface area contributed by atoms with E-state index in [-0.39, 0.29) is 0 Å². The van der Waals surface area contributed by atoms with Gasteiger partial charge in [-0.25, -0.2) is 0 Å². The average Bonchev–Trinajstić information content (AvgIpc) is 2.31. The summed E-state index contributed by atoms with van der Waals surface area (Å²) in [5, 5.41) is 5.10. The number of rotatable bonds is 2. The number of alkyl halides is 1. The molecular weight excluding hydrogens is 276 g/mol. The largest absolute Gasteiger partial charge is 0.151 e. The summed E-state index contributed by atoms with van der Waals surface area (Å²) in [6.45, 7) is 0. The lowest BCUT2D eigenvalue weighted by Gasteiger charge is -1.84. The third-order valence-corrected chi connectivity index (χ3v) is 3.15. The van der Waals surface area contributed by atoms with Crippen molar-refractivity contribution in [2.45, 2.75) is 0 Å². The van der Waals surface area contributed by atoms with Gasteiger partial charge in [-0.2, -0.15) is 11.3 Å². The fraction of sp³-hybridized carbons (Fsp3) is 0.143. The minimum absolute atomic E-state index is 0.912. The van der Waals surface area contributed by atoms with E-state index in [1.54, 1.807) is 11.3 Å². The van der Waals surface area contributed by atoms with Gasteiger partial charge in [0.15, 0.2) is 0 Å². The molecule has 0 fully saturated rings. The molecule has 1 aromatic heterocycles.